The van der Waals surface area contributed by atoms with Gasteiger partial charge in [0.25, 0.3) is 0 Å². The summed E-state index contributed by atoms with van der Waals surface area (Å²) in [5.41, 5.74) is 14.7. The average Bonchev–Trinajstić information content (AvgIpc) is 3.25. The van der Waals surface area contributed by atoms with Crippen LogP contribution in [0.3, 0.4) is 0 Å². The molecule has 0 unspecified atom stereocenters. The lowest BCUT2D eigenvalue weighted by Gasteiger charge is -2.46. The highest BCUT2D eigenvalue weighted by molar-refractivity contribution is 5.94. The van der Waals surface area contributed by atoms with Gasteiger partial charge in [-0.05, 0) is 93.2 Å². The predicted molar refractivity (Wildman–Crippen MR) is 164 cm³/mol. The number of fused-ring (bicyclic) bond motifs is 3. The zero-order valence-corrected chi connectivity index (χ0v) is 25.3. The van der Waals surface area contributed by atoms with E-state index in [1.54, 1.807) is 11.1 Å². The van der Waals surface area contributed by atoms with E-state index < -0.39 is 0 Å². The smallest absolute Gasteiger partial charge is 0.100 e. The number of rotatable bonds is 3. The number of benzene rings is 3. The molecule has 3 aliphatic rings. The summed E-state index contributed by atoms with van der Waals surface area (Å²) in [4.78, 5) is 5.19. The highest BCUT2D eigenvalue weighted by Gasteiger charge is 2.45. The Morgan fingerprint density at radius 1 is 0.605 bits per heavy atom. The van der Waals surface area contributed by atoms with Crippen molar-refractivity contribution in [3.63, 3.8) is 0 Å². The number of nitrogens with zero attached hydrogens (tertiary/aromatic N) is 2. The van der Waals surface area contributed by atoms with Crippen molar-refractivity contribution in [3.8, 4) is 0 Å². The van der Waals surface area contributed by atoms with Crippen LogP contribution in [0.25, 0.3) is 0 Å². The summed E-state index contributed by atoms with van der Waals surface area (Å²) in [5.74, 6) is 1.01. The Morgan fingerprint density at radius 3 is 1.76 bits per heavy atom. The van der Waals surface area contributed by atoms with Gasteiger partial charge in [0, 0.05) is 16.8 Å². The minimum Gasteiger partial charge on any atom is -0.321 e. The molecular weight excluding hydrogens is 460 g/mol. The Bertz CT molecular complexity index is 1410. The van der Waals surface area contributed by atoms with Crippen molar-refractivity contribution in [1.29, 1.82) is 0 Å². The first-order valence-corrected chi connectivity index (χ1v) is 14.8. The summed E-state index contributed by atoms with van der Waals surface area (Å²) in [5, 5.41) is 0. The molecule has 0 bridgehead atoms. The molecule has 38 heavy (non-hydrogen) atoms. The Morgan fingerprint density at radius 2 is 1.18 bits per heavy atom. The van der Waals surface area contributed by atoms with Crippen LogP contribution in [0.4, 0.5) is 22.7 Å². The maximum Gasteiger partial charge on any atom is 0.100 e. The van der Waals surface area contributed by atoms with Gasteiger partial charge >= 0.3 is 0 Å². The fourth-order valence-corrected chi connectivity index (χ4v) is 7.20. The highest BCUT2D eigenvalue weighted by atomic mass is 15.4. The molecule has 0 amide bonds. The summed E-state index contributed by atoms with van der Waals surface area (Å²) in [6.07, 6.45) is 2.48. The van der Waals surface area contributed by atoms with Crippen LogP contribution in [0.2, 0.25) is 0 Å². The van der Waals surface area contributed by atoms with E-state index in [1.807, 2.05) is 0 Å². The lowest BCUT2D eigenvalue weighted by Crippen LogP contribution is -2.38. The van der Waals surface area contributed by atoms with E-state index in [9.17, 15) is 0 Å². The van der Waals surface area contributed by atoms with Crippen molar-refractivity contribution in [3.05, 3.63) is 81.9 Å². The van der Waals surface area contributed by atoms with Crippen molar-refractivity contribution < 1.29 is 0 Å². The van der Waals surface area contributed by atoms with Gasteiger partial charge in [0.1, 0.15) is 6.67 Å². The molecule has 200 valence electrons. The van der Waals surface area contributed by atoms with Gasteiger partial charge in [-0.25, -0.2) is 0 Å². The molecule has 2 heteroatoms. The van der Waals surface area contributed by atoms with Crippen LogP contribution in [0.5, 0.6) is 0 Å². The maximum absolute atomic E-state index is 2.63. The van der Waals surface area contributed by atoms with E-state index in [0.29, 0.717) is 11.8 Å². The molecule has 0 N–H and O–H groups in total. The average molecular weight is 507 g/mol. The molecule has 6 rings (SSSR count). The van der Waals surface area contributed by atoms with Gasteiger partial charge in [0.15, 0.2) is 0 Å². The fourth-order valence-electron chi connectivity index (χ4n) is 7.20. The Hall–Kier alpha value is -2.74. The molecule has 2 heterocycles. The van der Waals surface area contributed by atoms with Gasteiger partial charge in [-0.3, -0.25) is 0 Å². The lowest BCUT2D eigenvalue weighted by molar-refractivity contribution is 0.331. The minimum atomic E-state index is -0.0528. The molecule has 0 aromatic heterocycles. The lowest BCUT2D eigenvalue weighted by atomic mass is 9.61. The first-order valence-electron chi connectivity index (χ1n) is 14.8. The van der Waals surface area contributed by atoms with E-state index in [0.717, 1.165) is 6.67 Å². The van der Waals surface area contributed by atoms with Gasteiger partial charge in [0.05, 0.1) is 11.4 Å². The van der Waals surface area contributed by atoms with Gasteiger partial charge in [-0.1, -0.05) is 93.5 Å². The van der Waals surface area contributed by atoms with Crippen LogP contribution in [-0.4, -0.2) is 6.67 Å². The normalized spacial score (nSPS) is 20.0. The second kappa shape index (κ2) is 8.13. The maximum atomic E-state index is 2.63. The number of hydrogen-bond donors (Lipinski definition) is 0. The molecule has 0 fully saturated rings. The van der Waals surface area contributed by atoms with E-state index in [-0.39, 0.29) is 16.2 Å². The Labute approximate surface area is 231 Å². The van der Waals surface area contributed by atoms with Gasteiger partial charge in [-0.2, -0.15) is 0 Å². The molecule has 0 spiro atoms. The largest absolute Gasteiger partial charge is 0.321 e. The molecule has 2 nitrogen and oxygen atoms in total. The van der Waals surface area contributed by atoms with Crippen molar-refractivity contribution >= 4 is 22.7 Å². The van der Waals surface area contributed by atoms with Crippen LogP contribution >= 0.6 is 0 Å². The standard InChI is InChI=1S/C36H46N2/c1-22(2)24-16-25(23(3)4)18-26(17-24)37-21-38-32-20-29-28(34(5,6)14-15-35(29,7)8)19-30(32)36(9,10)27-12-11-13-31(37)33(27)38/h11-13,16-20,22-23H,14-15,21H2,1-10H3. The second-order valence-electron chi connectivity index (χ2n) is 14.6. The van der Waals surface area contributed by atoms with Crippen LogP contribution in [0, 0.1) is 0 Å². The quantitative estimate of drug-likeness (QED) is 0.349. The van der Waals surface area contributed by atoms with Crippen molar-refractivity contribution in [2.24, 2.45) is 0 Å². The van der Waals surface area contributed by atoms with Gasteiger partial charge in [0.2, 0.25) is 0 Å². The van der Waals surface area contributed by atoms with Crippen molar-refractivity contribution in [1.82, 2.24) is 0 Å². The summed E-state index contributed by atoms with van der Waals surface area (Å²) in [6, 6.07) is 19.4. The van der Waals surface area contributed by atoms with E-state index >= 15 is 0 Å². The molecule has 3 aromatic rings. The minimum absolute atomic E-state index is 0.0528. The molecule has 0 saturated heterocycles. The summed E-state index contributed by atoms with van der Waals surface area (Å²) < 4.78 is 0. The topological polar surface area (TPSA) is 6.48 Å². The number of para-hydroxylation sites is 1. The third-order valence-electron chi connectivity index (χ3n) is 10.1. The van der Waals surface area contributed by atoms with Crippen LogP contribution in [-0.2, 0) is 16.2 Å². The van der Waals surface area contributed by atoms with Gasteiger partial charge < -0.3 is 9.80 Å². The van der Waals surface area contributed by atoms with E-state index in [4.69, 9.17) is 0 Å². The third kappa shape index (κ3) is 3.59. The van der Waals surface area contributed by atoms with E-state index in [2.05, 4.69) is 128 Å². The molecule has 3 aromatic carbocycles. The SMILES string of the molecule is CC(C)c1cc(C(C)C)cc(N2CN3c4cc5c(cc4C(C)(C)c4cccc2c43)C(C)(C)CCC5(C)C)c1. The van der Waals surface area contributed by atoms with Crippen molar-refractivity contribution in [2.45, 2.75) is 110 Å². The molecule has 1 aliphatic carbocycles. The molecule has 2 aliphatic heterocycles. The molecule has 0 saturated carbocycles. The van der Waals surface area contributed by atoms with Gasteiger partial charge in [-0.15, -0.1) is 0 Å². The zero-order chi connectivity index (χ0) is 27.4. The Balaban J connectivity index is 1.57. The summed E-state index contributed by atoms with van der Waals surface area (Å²) in [6.45, 7) is 24.8. The van der Waals surface area contributed by atoms with Crippen LogP contribution < -0.4 is 9.80 Å². The van der Waals surface area contributed by atoms with Crippen LogP contribution in [0.15, 0.2) is 48.5 Å². The predicted octanol–water partition coefficient (Wildman–Crippen LogP) is 10.2. The number of hydrogen-bond acceptors (Lipinski definition) is 2. The second-order valence-corrected chi connectivity index (χ2v) is 14.6. The summed E-state index contributed by atoms with van der Waals surface area (Å²) >= 11 is 0. The number of anilines is 4. The monoisotopic (exact) mass is 506 g/mol. The summed E-state index contributed by atoms with van der Waals surface area (Å²) in [7, 11) is 0. The van der Waals surface area contributed by atoms with Crippen LogP contribution in [0.1, 0.15) is 127 Å². The fraction of sp³-hybridized carbons (Fsp3) is 0.500. The third-order valence-corrected chi connectivity index (χ3v) is 10.1. The first-order chi connectivity index (χ1) is 17.7. The molecule has 0 radical (unpaired) electrons. The Kier molecular flexibility index (Phi) is 5.47. The highest BCUT2D eigenvalue weighted by Crippen LogP contribution is 2.59. The first kappa shape index (κ1) is 25.5. The van der Waals surface area contributed by atoms with Crippen molar-refractivity contribution in [2.75, 3.05) is 16.5 Å². The zero-order valence-electron chi connectivity index (χ0n) is 25.3. The molecular formula is C36H46N2. The van der Waals surface area contributed by atoms with E-state index in [1.165, 1.54) is 57.8 Å². The molecule has 0 atom stereocenters.